The third kappa shape index (κ3) is 5.53. The predicted molar refractivity (Wildman–Crippen MR) is 97.8 cm³/mol. The topological polar surface area (TPSA) is 69.0 Å². The number of hydrogen-bond acceptors (Lipinski definition) is 5. The lowest BCUT2D eigenvalue weighted by Crippen LogP contribution is -2.24. The summed E-state index contributed by atoms with van der Waals surface area (Å²) in [6.45, 7) is 1.84. The average molecular weight is 394 g/mol. The third-order valence-electron chi connectivity index (χ3n) is 3.97. The van der Waals surface area contributed by atoms with Crippen LogP contribution in [0.1, 0.15) is 30.1 Å². The van der Waals surface area contributed by atoms with Crippen LogP contribution in [0.4, 0.5) is 8.78 Å². The molecule has 1 saturated carbocycles. The standard InChI is InChI=1S/C18H20F2N4O2S/c1-2-9-24-16(13-5-6-13)22-23-18(24)27-11-15(25)21-10-12-3-7-14(8-4-12)26-17(19)20/h2-4,7-8,13,17H,1,5-6,9-11H2,(H,21,25). The van der Waals surface area contributed by atoms with E-state index in [1.807, 2.05) is 4.57 Å². The molecule has 0 saturated heterocycles. The molecule has 1 N–H and O–H groups in total. The van der Waals surface area contributed by atoms with E-state index in [1.165, 1.54) is 23.9 Å². The molecule has 0 bridgehead atoms. The molecule has 1 fully saturated rings. The molecule has 1 aliphatic rings. The van der Waals surface area contributed by atoms with Gasteiger partial charge in [0.05, 0.1) is 5.75 Å². The van der Waals surface area contributed by atoms with Crippen LogP contribution < -0.4 is 10.1 Å². The Balaban J connectivity index is 1.48. The van der Waals surface area contributed by atoms with Crippen molar-refractivity contribution in [2.75, 3.05) is 5.75 Å². The predicted octanol–water partition coefficient (Wildman–Crippen LogP) is 3.35. The molecule has 0 atom stereocenters. The van der Waals surface area contributed by atoms with E-state index in [1.54, 1.807) is 18.2 Å². The zero-order chi connectivity index (χ0) is 19.2. The summed E-state index contributed by atoms with van der Waals surface area (Å²) in [4.78, 5) is 12.1. The maximum atomic E-state index is 12.1. The summed E-state index contributed by atoms with van der Waals surface area (Å²) < 4.78 is 30.5. The Labute approximate surface area is 160 Å². The number of thioether (sulfide) groups is 1. The van der Waals surface area contributed by atoms with Gasteiger partial charge in [-0.1, -0.05) is 30.0 Å². The lowest BCUT2D eigenvalue weighted by molar-refractivity contribution is -0.118. The number of amides is 1. The van der Waals surface area contributed by atoms with Crippen LogP contribution in [-0.2, 0) is 17.9 Å². The highest BCUT2D eigenvalue weighted by molar-refractivity contribution is 7.99. The molecular formula is C18H20F2N4O2S. The number of alkyl halides is 2. The number of carbonyl (C=O) groups excluding carboxylic acids is 1. The van der Waals surface area contributed by atoms with E-state index in [2.05, 4.69) is 26.8 Å². The van der Waals surface area contributed by atoms with Gasteiger partial charge in [-0.3, -0.25) is 4.79 Å². The maximum Gasteiger partial charge on any atom is 0.387 e. The van der Waals surface area contributed by atoms with Crippen molar-refractivity contribution < 1.29 is 18.3 Å². The van der Waals surface area contributed by atoms with E-state index in [4.69, 9.17) is 0 Å². The second-order valence-electron chi connectivity index (χ2n) is 6.10. The van der Waals surface area contributed by atoms with Gasteiger partial charge in [-0.05, 0) is 30.5 Å². The van der Waals surface area contributed by atoms with Crippen LogP contribution in [-0.4, -0.2) is 33.0 Å². The summed E-state index contributed by atoms with van der Waals surface area (Å²) >= 11 is 1.33. The number of ether oxygens (including phenoxy) is 1. The molecule has 3 rings (SSSR count). The van der Waals surface area contributed by atoms with Gasteiger partial charge in [0.1, 0.15) is 11.6 Å². The van der Waals surface area contributed by atoms with E-state index in [-0.39, 0.29) is 17.4 Å². The number of allylic oxidation sites excluding steroid dienone is 1. The van der Waals surface area contributed by atoms with Crippen molar-refractivity contribution in [3.8, 4) is 5.75 Å². The van der Waals surface area contributed by atoms with E-state index in [0.717, 1.165) is 24.2 Å². The Morgan fingerprint density at radius 1 is 1.37 bits per heavy atom. The van der Waals surface area contributed by atoms with Crippen molar-refractivity contribution in [2.24, 2.45) is 0 Å². The SMILES string of the molecule is C=CCn1c(SCC(=O)NCc2ccc(OC(F)F)cc2)nnc1C1CC1. The highest BCUT2D eigenvalue weighted by Gasteiger charge is 2.30. The molecule has 1 aromatic heterocycles. The minimum Gasteiger partial charge on any atom is -0.435 e. The molecule has 1 aromatic carbocycles. The summed E-state index contributed by atoms with van der Waals surface area (Å²) in [5.74, 6) is 1.59. The van der Waals surface area contributed by atoms with Crippen LogP contribution >= 0.6 is 11.8 Å². The zero-order valence-electron chi connectivity index (χ0n) is 14.6. The normalized spacial score (nSPS) is 13.6. The molecule has 144 valence electrons. The van der Waals surface area contributed by atoms with Crippen molar-refractivity contribution in [1.82, 2.24) is 20.1 Å². The van der Waals surface area contributed by atoms with Crippen molar-refractivity contribution >= 4 is 17.7 Å². The molecular weight excluding hydrogens is 374 g/mol. The molecule has 27 heavy (non-hydrogen) atoms. The number of halogens is 2. The van der Waals surface area contributed by atoms with Gasteiger partial charge in [-0.2, -0.15) is 8.78 Å². The van der Waals surface area contributed by atoms with E-state index < -0.39 is 6.61 Å². The largest absolute Gasteiger partial charge is 0.435 e. The molecule has 1 heterocycles. The minimum absolute atomic E-state index is 0.0867. The number of nitrogens with zero attached hydrogens (tertiary/aromatic N) is 3. The third-order valence-corrected chi connectivity index (χ3v) is 4.94. The average Bonchev–Trinajstić information content (AvgIpc) is 3.41. The van der Waals surface area contributed by atoms with Gasteiger partial charge in [-0.25, -0.2) is 0 Å². The van der Waals surface area contributed by atoms with Crippen molar-refractivity contribution in [3.63, 3.8) is 0 Å². The number of carbonyl (C=O) groups is 1. The second-order valence-corrected chi connectivity index (χ2v) is 7.04. The summed E-state index contributed by atoms with van der Waals surface area (Å²) in [7, 11) is 0. The smallest absolute Gasteiger partial charge is 0.387 e. The van der Waals surface area contributed by atoms with Crippen LogP contribution in [0.15, 0.2) is 42.1 Å². The van der Waals surface area contributed by atoms with Gasteiger partial charge in [0, 0.05) is 19.0 Å². The second kappa shape index (κ2) is 8.98. The van der Waals surface area contributed by atoms with E-state index in [9.17, 15) is 13.6 Å². The lowest BCUT2D eigenvalue weighted by Gasteiger charge is -2.08. The van der Waals surface area contributed by atoms with E-state index in [0.29, 0.717) is 24.2 Å². The molecule has 1 aliphatic carbocycles. The van der Waals surface area contributed by atoms with Crippen molar-refractivity contribution in [2.45, 2.75) is 43.6 Å². The highest BCUT2D eigenvalue weighted by atomic mass is 32.2. The van der Waals surface area contributed by atoms with Gasteiger partial charge in [0.2, 0.25) is 5.91 Å². The fourth-order valence-corrected chi connectivity index (χ4v) is 3.31. The van der Waals surface area contributed by atoms with Crippen LogP contribution in [0, 0.1) is 0 Å². The first-order valence-electron chi connectivity index (χ1n) is 8.54. The minimum atomic E-state index is -2.85. The first-order valence-corrected chi connectivity index (χ1v) is 9.52. The van der Waals surface area contributed by atoms with Crippen LogP contribution in [0.2, 0.25) is 0 Å². The number of benzene rings is 1. The van der Waals surface area contributed by atoms with Crippen molar-refractivity contribution in [3.05, 3.63) is 48.3 Å². The van der Waals surface area contributed by atoms with Gasteiger partial charge >= 0.3 is 6.61 Å². The molecule has 0 radical (unpaired) electrons. The fourth-order valence-electron chi connectivity index (χ4n) is 2.52. The number of hydrogen-bond donors (Lipinski definition) is 1. The highest BCUT2D eigenvalue weighted by Crippen LogP contribution is 2.40. The summed E-state index contributed by atoms with van der Waals surface area (Å²) in [6, 6.07) is 6.15. The van der Waals surface area contributed by atoms with Gasteiger partial charge in [0.15, 0.2) is 5.16 Å². The fraction of sp³-hybridized carbons (Fsp3) is 0.389. The van der Waals surface area contributed by atoms with Crippen LogP contribution in [0.3, 0.4) is 0 Å². The Kier molecular flexibility index (Phi) is 6.44. The number of nitrogens with one attached hydrogen (secondary N) is 1. The Hall–Kier alpha value is -2.42. The van der Waals surface area contributed by atoms with E-state index >= 15 is 0 Å². The first-order chi connectivity index (χ1) is 13.1. The molecule has 0 spiro atoms. The summed E-state index contributed by atoms with van der Waals surface area (Å²) in [5.41, 5.74) is 0.792. The Morgan fingerprint density at radius 3 is 2.74 bits per heavy atom. The summed E-state index contributed by atoms with van der Waals surface area (Å²) in [6.07, 6.45) is 4.05. The van der Waals surface area contributed by atoms with Crippen molar-refractivity contribution in [1.29, 1.82) is 0 Å². The Morgan fingerprint density at radius 2 is 2.11 bits per heavy atom. The zero-order valence-corrected chi connectivity index (χ0v) is 15.4. The molecule has 6 nitrogen and oxygen atoms in total. The monoisotopic (exact) mass is 394 g/mol. The molecule has 0 aliphatic heterocycles. The van der Waals surface area contributed by atoms with Gasteiger partial charge in [-0.15, -0.1) is 16.8 Å². The number of rotatable bonds is 10. The summed E-state index contributed by atoms with van der Waals surface area (Å²) in [5, 5.41) is 11.9. The van der Waals surface area contributed by atoms with Crippen LogP contribution in [0.5, 0.6) is 5.75 Å². The van der Waals surface area contributed by atoms with Gasteiger partial charge < -0.3 is 14.6 Å². The molecule has 9 heteroatoms. The van der Waals surface area contributed by atoms with Gasteiger partial charge in [0.25, 0.3) is 0 Å². The number of aromatic nitrogens is 3. The molecule has 0 unspecified atom stereocenters. The maximum absolute atomic E-state index is 12.1. The Bertz CT molecular complexity index is 791. The lowest BCUT2D eigenvalue weighted by atomic mass is 10.2. The first kappa shape index (κ1) is 19.3. The molecule has 1 amide bonds. The molecule has 2 aromatic rings. The quantitative estimate of drug-likeness (QED) is 0.494. The van der Waals surface area contributed by atoms with Crippen LogP contribution in [0.25, 0.3) is 0 Å².